The van der Waals surface area contributed by atoms with Crippen LogP contribution in [-0.2, 0) is 23.0 Å². The highest BCUT2D eigenvalue weighted by Gasteiger charge is 2.26. The fraction of sp³-hybridized carbons (Fsp3) is 0.500. The van der Waals surface area contributed by atoms with Crippen LogP contribution in [0.3, 0.4) is 0 Å². The second-order valence-corrected chi connectivity index (χ2v) is 8.01. The van der Waals surface area contributed by atoms with Crippen molar-refractivity contribution in [1.82, 2.24) is 19.3 Å². The van der Waals surface area contributed by atoms with Crippen LogP contribution in [0.25, 0.3) is 0 Å². The number of hydrogen-bond acceptors (Lipinski definition) is 7. The molecule has 2 aromatic rings. The van der Waals surface area contributed by atoms with Crippen LogP contribution < -0.4 is 4.74 Å². The van der Waals surface area contributed by atoms with E-state index >= 15 is 0 Å². The summed E-state index contributed by atoms with van der Waals surface area (Å²) in [5.74, 6) is 0.735. The number of nitrogens with zero attached hydrogens (tertiary/aromatic N) is 4. The predicted molar refractivity (Wildman–Crippen MR) is 103 cm³/mol. The average molecular weight is 410 g/mol. The monoisotopic (exact) mass is 410 g/mol. The minimum atomic E-state index is -3.70. The SMILES string of the molecule is CCc1noc(CN(C)C(=O)c2cc(S(=O)(=O)N(CC)CC)ccc2OC)n1. The van der Waals surface area contributed by atoms with Crippen molar-refractivity contribution >= 4 is 15.9 Å². The van der Waals surface area contributed by atoms with Crippen LogP contribution in [0.5, 0.6) is 5.75 Å². The lowest BCUT2D eigenvalue weighted by Crippen LogP contribution is -2.31. The Morgan fingerprint density at radius 2 is 1.89 bits per heavy atom. The van der Waals surface area contributed by atoms with Crippen molar-refractivity contribution in [3.63, 3.8) is 0 Å². The molecule has 0 spiro atoms. The Bertz CT molecular complexity index is 922. The molecule has 28 heavy (non-hydrogen) atoms. The van der Waals surface area contributed by atoms with Gasteiger partial charge in [-0.1, -0.05) is 25.9 Å². The molecule has 0 N–H and O–H groups in total. The molecule has 0 aliphatic heterocycles. The zero-order chi connectivity index (χ0) is 20.9. The molecule has 154 valence electrons. The topological polar surface area (TPSA) is 106 Å². The fourth-order valence-electron chi connectivity index (χ4n) is 2.71. The van der Waals surface area contributed by atoms with Gasteiger partial charge >= 0.3 is 0 Å². The molecule has 0 saturated carbocycles. The standard InChI is InChI=1S/C18H26N4O5S/c1-6-16-19-17(27-20-16)12-21(4)18(23)14-11-13(9-10-15(14)26-5)28(24,25)22(7-2)8-3/h9-11H,6-8,12H2,1-5H3. The molecule has 1 amide bonds. The largest absolute Gasteiger partial charge is 0.496 e. The van der Waals surface area contributed by atoms with Crippen molar-refractivity contribution in [3.05, 3.63) is 35.5 Å². The summed E-state index contributed by atoms with van der Waals surface area (Å²) in [6, 6.07) is 4.27. The first-order chi connectivity index (χ1) is 13.3. The minimum Gasteiger partial charge on any atom is -0.496 e. The molecule has 1 heterocycles. The predicted octanol–water partition coefficient (Wildman–Crippen LogP) is 1.94. The third kappa shape index (κ3) is 4.50. The number of ether oxygens (including phenoxy) is 1. The summed E-state index contributed by atoms with van der Waals surface area (Å²) in [7, 11) is -0.701. The van der Waals surface area contributed by atoms with Crippen LogP contribution in [-0.4, -0.2) is 60.9 Å². The number of methoxy groups -OCH3 is 1. The third-order valence-corrected chi connectivity index (χ3v) is 6.34. The highest BCUT2D eigenvalue weighted by Crippen LogP contribution is 2.26. The van der Waals surface area contributed by atoms with E-state index in [0.717, 1.165) is 0 Å². The molecule has 1 aromatic heterocycles. The molecule has 0 aliphatic carbocycles. The van der Waals surface area contributed by atoms with Gasteiger partial charge in [-0.2, -0.15) is 9.29 Å². The number of carbonyl (C=O) groups excluding carboxylic acids is 1. The van der Waals surface area contributed by atoms with Gasteiger partial charge in [0.25, 0.3) is 5.91 Å². The van der Waals surface area contributed by atoms with Crippen LogP contribution >= 0.6 is 0 Å². The molecule has 0 bridgehead atoms. The first-order valence-corrected chi connectivity index (χ1v) is 10.5. The summed E-state index contributed by atoms with van der Waals surface area (Å²) in [6.45, 7) is 6.20. The molecule has 0 aliphatic rings. The second-order valence-electron chi connectivity index (χ2n) is 6.07. The number of hydrogen-bond donors (Lipinski definition) is 0. The van der Waals surface area contributed by atoms with Gasteiger partial charge in [0.1, 0.15) is 5.75 Å². The molecular formula is C18H26N4O5S. The van der Waals surface area contributed by atoms with Gasteiger partial charge in [-0.05, 0) is 18.2 Å². The summed E-state index contributed by atoms with van der Waals surface area (Å²) in [6.07, 6.45) is 0.625. The summed E-state index contributed by atoms with van der Waals surface area (Å²) >= 11 is 0. The van der Waals surface area contributed by atoms with Gasteiger partial charge in [-0.3, -0.25) is 4.79 Å². The van der Waals surface area contributed by atoms with E-state index in [1.165, 1.54) is 34.5 Å². The Hall–Kier alpha value is -2.46. The van der Waals surface area contributed by atoms with Gasteiger partial charge in [-0.25, -0.2) is 8.42 Å². The molecule has 0 saturated heterocycles. The quantitative estimate of drug-likeness (QED) is 0.622. The van der Waals surface area contributed by atoms with E-state index in [9.17, 15) is 13.2 Å². The van der Waals surface area contributed by atoms with Crippen LogP contribution in [0.15, 0.2) is 27.6 Å². The first-order valence-electron chi connectivity index (χ1n) is 9.03. The molecule has 10 heteroatoms. The Labute approximate surface area is 165 Å². The first kappa shape index (κ1) is 21.8. The zero-order valence-corrected chi connectivity index (χ0v) is 17.6. The smallest absolute Gasteiger partial charge is 0.257 e. The number of benzene rings is 1. The number of carbonyl (C=O) groups is 1. The molecule has 0 fully saturated rings. The normalized spacial score (nSPS) is 11.6. The van der Waals surface area contributed by atoms with Gasteiger partial charge in [0, 0.05) is 26.6 Å². The third-order valence-electron chi connectivity index (χ3n) is 4.29. The Kier molecular flexibility index (Phi) is 7.14. The van der Waals surface area contributed by atoms with Crippen LogP contribution in [0.2, 0.25) is 0 Å². The van der Waals surface area contributed by atoms with E-state index < -0.39 is 15.9 Å². The number of aryl methyl sites for hydroxylation is 1. The van der Waals surface area contributed by atoms with Gasteiger partial charge < -0.3 is 14.2 Å². The van der Waals surface area contributed by atoms with Gasteiger partial charge in [-0.15, -0.1) is 0 Å². The van der Waals surface area contributed by atoms with E-state index in [1.54, 1.807) is 20.9 Å². The Balaban J connectivity index is 2.35. The number of rotatable bonds is 9. The van der Waals surface area contributed by atoms with Gasteiger partial charge in [0.15, 0.2) is 5.82 Å². The summed E-state index contributed by atoms with van der Waals surface area (Å²) < 4.78 is 37.3. The molecular weight excluding hydrogens is 384 g/mol. The van der Waals surface area contributed by atoms with Crippen molar-refractivity contribution in [2.45, 2.75) is 38.6 Å². The fourth-order valence-corrected chi connectivity index (χ4v) is 4.19. The van der Waals surface area contributed by atoms with E-state index in [2.05, 4.69) is 10.1 Å². The zero-order valence-electron chi connectivity index (χ0n) is 16.8. The number of aromatic nitrogens is 2. The maximum Gasteiger partial charge on any atom is 0.257 e. The lowest BCUT2D eigenvalue weighted by atomic mass is 10.1. The molecule has 0 atom stereocenters. The lowest BCUT2D eigenvalue weighted by Gasteiger charge is -2.21. The Morgan fingerprint density at radius 3 is 2.43 bits per heavy atom. The highest BCUT2D eigenvalue weighted by molar-refractivity contribution is 7.89. The van der Waals surface area contributed by atoms with Crippen molar-refractivity contribution in [2.24, 2.45) is 0 Å². The van der Waals surface area contributed by atoms with E-state index in [4.69, 9.17) is 9.26 Å². The molecule has 9 nitrogen and oxygen atoms in total. The highest BCUT2D eigenvalue weighted by atomic mass is 32.2. The maximum absolute atomic E-state index is 12.9. The van der Waals surface area contributed by atoms with Gasteiger partial charge in [0.05, 0.1) is 24.1 Å². The van der Waals surface area contributed by atoms with Crippen molar-refractivity contribution in [3.8, 4) is 5.75 Å². The second kappa shape index (κ2) is 9.16. The van der Waals surface area contributed by atoms with Crippen molar-refractivity contribution in [2.75, 3.05) is 27.2 Å². The minimum absolute atomic E-state index is 0.0415. The van der Waals surface area contributed by atoms with Crippen LogP contribution in [0.1, 0.15) is 42.8 Å². The van der Waals surface area contributed by atoms with Crippen molar-refractivity contribution < 1.29 is 22.5 Å². The summed E-state index contributed by atoms with van der Waals surface area (Å²) in [4.78, 5) is 18.5. The number of sulfonamides is 1. The number of amides is 1. The van der Waals surface area contributed by atoms with Gasteiger partial charge in [0.2, 0.25) is 15.9 Å². The summed E-state index contributed by atoms with van der Waals surface area (Å²) in [5, 5.41) is 3.80. The van der Waals surface area contributed by atoms with Crippen LogP contribution in [0.4, 0.5) is 0 Å². The average Bonchev–Trinajstić information content (AvgIpc) is 3.15. The molecule has 0 unspecified atom stereocenters. The van der Waals surface area contributed by atoms with E-state index in [1.807, 2.05) is 6.92 Å². The summed E-state index contributed by atoms with van der Waals surface area (Å²) in [5.41, 5.74) is 0.147. The van der Waals surface area contributed by atoms with Crippen LogP contribution in [0, 0.1) is 0 Å². The molecule has 0 radical (unpaired) electrons. The lowest BCUT2D eigenvalue weighted by molar-refractivity contribution is 0.0766. The van der Waals surface area contributed by atoms with Crippen molar-refractivity contribution in [1.29, 1.82) is 0 Å². The van der Waals surface area contributed by atoms with E-state index in [-0.39, 0.29) is 22.8 Å². The van der Waals surface area contributed by atoms with E-state index in [0.29, 0.717) is 31.2 Å². The Morgan fingerprint density at radius 1 is 1.21 bits per heavy atom. The molecule has 2 rings (SSSR count). The molecule has 1 aromatic carbocycles. The maximum atomic E-state index is 12.9.